The van der Waals surface area contributed by atoms with Gasteiger partial charge in [0.05, 0.1) is 38.6 Å². The Morgan fingerprint density at radius 1 is 0.457 bits per heavy atom. The number of hydrogen-bond acceptors (Lipinski definition) is 20. The molecule has 20 heteroatoms. The lowest BCUT2D eigenvalue weighted by Crippen LogP contribution is -2.66. The van der Waals surface area contributed by atoms with Gasteiger partial charge in [0.1, 0.15) is 79.4 Å². The second-order valence-corrected chi connectivity index (χ2v) is 11.8. The molecule has 0 aromatic rings. The van der Waals surface area contributed by atoms with Crippen LogP contribution < -0.4 is 0 Å². The van der Waals surface area contributed by atoms with Gasteiger partial charge in [-0.05, 0) is 0 Å². The van der Waals surface area contributed by atoms with Gasteiger partial charge in [0.25, 0.3) is 0 Å². The first-order valence-corrected chi connectivity index (χ1v) is 14.8. The molecular weight excluding hydrogens is 632 g/mol. The minimum Gasteiger partial charge on any atom is -0.394 e. The zero-order valence-electron chi connectivity index (χ0n) is 25.0. The SMILES string of the molecule is COC1OC(CO)C(OC2OC(COC3OC(CO)C(O)C(O)C3O)C(OC3OC(CO)C(C)C(O)C3O)C(O)C2O)C(O)C1O. The van der Waals surface area contributed by atoms with E-state index in [1.807, 2.05) is 0 Å². The molecule has 20 atom stereocenters. The van der Waals surface area contributed by atoms with Crippen LogP contribution in [0.3, 0.4) is 0 Å². The summed E-state index contributed by atoms with van der Waals surface area (Å²) in [4.78, 5) is 0. The van der Waals surface area contributed by atoms with E-state index in [0.29, 0.717) is 0 Å². The summed E-state index contributed by atoms with van der Waals surface area (Å²) in [5.74, 6) is -0.724. The van der Waals surface area contributed by atoms with Crippen molar-refractivity contribution in [3.8, 4) is 0 Å². The summed E-state index contributed by atoms with van der Waals surface area (Å²) in [5, 5.41) is 124. The smallest absolute Gasteiger partial charge is 0.187 e. The summed E-state index contributed by atoms with van der Waals surface area (Å²) in [5.41, 5.74) is 0. The lowest BCUT2D eigenvalue weighted by atomic mass is 9.91. The highest BCUT2D eigenvalue weighted by molar-refractivity contribution is 4.97. The fourth-order valence-electron chi connectivity index (χ4n) is 5.83. The normalized spacial score (nSPS) is 52.0. The van der Waals surface area contributed by atoms with Crippen molar-refractivity contribution in [3.05, 3.63) is 0 Å². The highest BCUT2D eigenvalue weighted by Gasteiger charge is 2.54. The lowest BCUT2D eigenvalue weighted by Gasteiger charge is -2.48. The van der Waals surface area contributed by atoms with Crippen molar-refractivity contribution in [1.82, 2.24) is 0 Å². The Balaban J connectivity index is 1.56. The summed E-state index contributed by atoms with van der Waals surface area (Å²) in [7, 11) is 1.19. The van der Waals surface area contributed by atoms with E-state index in [0.717, 1.165) is 0 Å². The lowest BCUT2D eigenvalue weighted by molar-refractivity contribution is -0.382. The number of aliphatic hydroxyl groups excluding tert-OH is 12. The van der Waals surface area contributed by atoms with E-state index in [4.69, 9.17) is 37.9 Å². The van der Waals surface area contributed by atoms with Crippen LogP contribution in [-0.2, 0) is 37.9 Å². The van der Waals surface area contributed by atoms with Crippen LogP contribution in [0, 0.1) is 5.92 Å². The van der Waals surface area contributed by atoms with Gasteiger partial charge in [-0.3, -0.25) is 0 Å². The number of rotatable bonds is 11. The fraction of sp³-hybridized carbons (Fsp3) is 1.00. The Morgan fingerprint density at radius 2 is 0.891 bits per heavy atom. The molecule has 4 aliphatic heterocycles. The van der Waals surface area contributed by atoms with Crippen LogP contribution in [0.2, 0.25) is 0 Å². The molecule has 20 nitrogen and oxygen atoms in total. The maximum atomic E-state index is 11.2. The third-order valence-electron chi connectivity index (χ3n) is 8.79. The summed E-state index contributed by atoms with van der Waals surface area (Å²) < 4.78 is 44.1. The second kappa shape index (κ2) is 16.3. The van der Waals surface area contributed by atoms with Gasteiger partial charge in [-0.2, -0.15) is 0 Å². The first-order chi connectivity index (χ1) is 21.8. The Hall–Kier alpha value is -0.800. The third-order valence-corrected chi connectivity index (χ3v) is 8.79. The van der Waals surface area contributed by atoms with Crippen molar-refractivity contribution in [2.45, 2.75) is 124 Å². The number of aliphatic hydroxyl groups is 12. The summed E-state index contributed by atoms with van der Waals surface area (Å²) in [6.07, 6.45) is -30.7. The third kappa shape index (κ3) is 7.66. The average molecular weight is 679 g/mol. The van der Waals surface area contributed by atoms with E-state index in [-0.39, 0.29) is 0 Å². The maximum Gasteiger partial charge on any atom is 0.187 e. The summed E-state index contributed by atoms with van der Waals surface area (Å²) in [6.45, 7) is -1.23. The van der Waals surface area contributed by atoms with Crippen molar-refractivity contribution in [2.24, 2.45) is 5.92 Å². The van der Waals surface area contributed by atoms with E-state index in [2.05, 4.69) is 0 Å². The van der Waals surface area contributed by atoms with Crippen molar-refractivity contribution >= 4 is 0 Å². The molecule has 4 heterocycles. The molecule has 4 saturated heterocycles. The van der Waals surface area contributed by atoms with E-state index >= 15 is 0 Å². The molecule has 0 spiro atoms. The molecule has 0 aromatic carbocycles. The molecule has 4 aliphatic rings. The van der Waals surface area contributed by atoms with Gasteiger partial charge in [0, 0.05) is 13.0 Å². The van der Waals surface area contributed by atoms with Crippen LogP contribution in [0.25, 0.3) is 0 Å². The quantitative estimate of drug-likeness (QED) is 0.0965. The number of methoxy groups -OCH3 is 1. The Kier molecular flexibility index (Phi) is 13.4. The molecule has 0 bridgehead atoms. The summed E-state index contributed by atoms with van der Waals surface area (Å²) in [6, 6.07) is 0. The Morgan fingerprint density at radius 3 is 1.43 bits per heavy atom. The highest BCUT2D eigenvalue weighted by Crippen LogP contribution is 2.34. The topological polar surface area (TPSA) is 317 Å². The van der Waals surface area contributed by atoms with Crippen LogP contribution >= 0.6 is 0 Å². The zero-order valence-corrected chi connectivity index (χ0v) is 25.0. The first kappa shape index (κ1) is 38.0. The average Bonchev–Trinajstić information content (AvgIpc) is 3.05. The van der Waals surface area contributed by atoms with Gasteiger partial charge < -0.3 is 99.2 Å². The van der Waals surface area contributed by atoms with Crippen molar-refractivity contribution in [1.29, 1.82) is 0 Å². The highest BCUT2D eigenvalue weighted by atomic mass is 16.8. The minimum atomic E-state index is -1.98. The molecule has 270 valence electrons. The Bertz CT molecular complexity index is 928. The molecule has 12 N–H and O–H groups in total. The van der Waals surface area contributed by atoms with E-state index < -0.39 is 149 Å². The van der Waals surface area contributed by atoms with Crippen molar-refractivity contribution in [2.75, 3.05) is 33.5 Å². The fourth-order valence-corrected chi connectivity index (χ4v) is 5.83. The molecule has 0 saturated carbocycles. The van der Waals surface area contributed by atoms with Crippen LogP contribution in [0.5, 0.6) is 0 Å². The van der Waals surface area contributed by atoms with Crippen molar-refractivity contribution < 1.29 is 99.2 Å². The first-order valence-electron chi connectivity index (χ1n) is 14.8. The van der Waals surface area contributed by atoms with E-state index in [1.54, 1.807) is 0 Å². The van der Waals surface area contributed by atoms with Crippen molar-refractivity contribution in [3.63, 3.8) is 0 Å². The molecule has 0 radical (unpaired) electrons. The molecule has 4 fully saturated rings. The number of ether oxygens (including phenoxy) is 8. The molecular formula is C26H46O20. The van der Waals surface area contributed by atoms with Crippen LogP contribution in [0.15, 0.2) is 0 Å². The van der Waals surface area contributed by atoms with Gasteiger partial charge in [0.2, 0.25) is 0 Å². The number of hydrogen-bond donors (Lipinski definition) is 12. The van der Waals surface area contributed by atoms with Gasteiger partial charge >= 0.3 is 0 Å². The predicted octanol–water partition coefficient (Wildman–Crippen LogP) is -7.82. The van der Waals surface area contributed by atoms with Gasteiger partial charge in [-0.15, -0.1) is 0 Å². The molecule has 20 unspecified atom stereocenters. The largest absolute Gasteiger partial charge is 0.394 e. The standard InChI is InChI=1S/C26H46O20/c1-7-8(3-27)41-25(17(35)12(7)30)46-22-11(6-40-24-18(36)14(32)13(31)9(4-28)42-24)44-26(20(38)16(22)34)45-21-10(5-29)43-23(39-2)19(37)15(21)33/h7-38H,3-6H2,1-2H3. The maximum absolute atomic E-state index is 11.2. The molecule has 0 aliphatic carbocycles. The molecule has 0 aromatic heterocycles. The zero-order chi connectivity index (χ0) is 34.0. The van der Waals surface area contributed by atoms with Gasteiger partial charge in [-0.1, -0.05) is 6.92 Å². The van der Waals surface area contributed by atoms with Gasteiger partial charge in [0.15, 0.2) is 25.2 Å². The molecule has 0 amide bonds. The van der Waals surface area contributed by atoms with Gasteiger partial charge in [-0.25, -0.2) is 0 Å². The van der Waals surface area contributed by atoms with E-state index in [1.165, 1.54) is 14.0 Å². The van der Waals surface area contributed by atoms with E-state index in [9.17, 15) is 61.3 Å². The van der Waals surface area contributed by atoms with Crippen LogP contribution in [0.4, 0.5) is 0 Å². The monoisotopic (exact) mass is 678 g/mol. The van der Waals surface area contributed by atoms with Crippen LogP contribution in [0.1, 0.15) is 6.92 Å². The molecule has 46 heavy (non-hydrogen) atoms. The van der Waals surface area contributed by atoms with Crippen LogP contribution in [-0.4, -0.2) is 212 Å². The second-order valence-electron chi connectivity index (χ2n) is 11.8. The molecule has 4 rings (SSSR count). The predicted molar refractivity (Wildman–Crippen MR) is 142 cm³/mol. The summed E-state index contributed by atoms with van der Waals surface area (Å²) >= 11 is 0. The minimum absolute atomic E-state index is 0.565. The Labute approximate surface area is 262 Å².